The highest BCUT2D eigenvalue weighted by Crippen LogP contribution is 2.17. The number of nitrogens with two attached hydrogens (primary N) is 2. The zero-order chi connectivity index (χ0) is 14.3. The summed E-state index contributed by atoms with van der Waals surface area (Å²) in [5.41, 5.74) is 5.41. The second-order valence-corrected chi connectivity index (χ2v) is 7.01. The minimum atomic E-state index is -3.59. The summed E-state index contributed by atoms with van der Waals surface area (Å²) in [5.74, 6) is -0.0952. The fraction of sp³-hybridized carbons (Fsp3) is 0.917. The number of likely N-dealkylation sites (tertiary alicyclic amines) is 1. The third-order valence-corrected chi connectivity index (χ3v) is 4.77. The SMILES string of the molecule is NCCCCCCCCN1CC(S(N)(=O)=O)CC1=O. The number of rotatable bonds is 9. The molecule has 19 heavy (non-hydrogen) atoms. The molecule has 0 spiro atoms. The molecule has 0 aromatic heterocycles. The van der Waals surface area contributed by atoms with E-state index < -0.39 is 15.3 Å². The highest BCUT2D eigenvalue weighted by molar-refractivity contribution is 7.89. The van der Waals surface area contributed by atoms with Crippen LogP contribution in [0.5, 0.6) is 0 Å². The van der Waals surface area contributed by atoms with Crippen LogP contribution in [0.25, 0.3) is 0 Å². The van der Waals surface area contributed by atoms with Gasteiger partial charge >= 0.3 is 0 Å². The molecule has 1 unspecified atom stereocenters. The summed E-state index contributed by atoms with van der Waals surface area (Å²) in [6, 6.07) is 0. The Bertz CT molecular complexity index is 384. The van der Waals surface area contributed by atoms with Gasteiger partial charge in [0.2, 0.25) is 15.9 Å². The van der Waals surface area contributed by atoms with Gasteiger partial charge in [0.25, 0.3) is 0 Å². The smallest absolute Gasteiger partial charge is 0.224 e. The Hall–Kier alpha value is -0.660. The average Bonchev–Trinajstić information content (AvgIpc) is 2.70. The van der Waals surface area contributed by atoms with Crippen LogP contribution >= 0.6 is 0 Å². The number of hydrogen-bond acceptors (Lipinski definition) is 4. The Morgan fingerprint density at radius 3 is 2.21 bits per heavy atom. The van der Waals surface area contributed by atoms with Crippen molar-refractivity contribution in [2.45, 2.75) is 50.2 Å². The molecular formula is C12H25N3O3S. The molecule has 4 N–H and O–H groups in total. The summed E-state index contributed by atoms with van der Waals surface area (Å²) >= 11 is 0. The van der Waals surface area contributed by atoms with E-state index in [9.17, 15) is 13.2 Å². The summed E-state index contributed by atoms with van der Waals surface area (Å²) in [6.45, 7) is 1.64. The number of carbonyl (C=O) groups is 1. The normalized spacial score (nSPS) is 20.2. The first-order valence-corrected chi connectivity index (χ1v) is 8.55. The fourth-order valence-corrected chi connectivity index (χ4v) is 3.09. The quantitative estimate of drug-likeness (QED) is 0.591. The lowest BCUT2D eigenvalue weighted by Crippen LogP contribution is -2.32. The Morgan fingerprint density at radius 1 is 1.11 bits per heavy atom. The van der Waals surface area contributed by atoms with Crippen molar-refractivity contribution < 1.29 is 13.2 Å². The van der Waals surface area contributed by atoms with Crippen LogP contribution in [0.1, 0.15) is 44.9 Å². The van der Waals surface area contributed by atoms with Crippen molar-refractivity contribution in [3.8, 4) is 0 Å². The highest BCUT2D eigenvalue weighted by Gasteiger charge is 2.35. The molecule has 1 heterocycles. The number of nitrogens with zero attached hydrogens (tertiary/aromatic N) is 1. The molecule has 1 saturated heterocycles. The van der Waals surface area contributed by atoms with E-state index in [1.807, 2.05) is 0 Å². The van der Waals surface area contributed by atoms with Crippen molar-refractivity contribution in [3.05, 3.63) is 0 Å². The number of hydrogen-bond donors (Lipinski definition) is 2. The lowest BCUT2D eigenvalue weighted by Gasteiger charge is -2.15. The van der Waals surface area contributed by atoms with Crippen LogP contribution < -0.4 is 10.9 Å². The van der Waals surface area contributed by atoms with Gasteiger partial charge in [0.05, 0.1) is 0 Å². The van der Waals surface area contributed by atoms with Gasteiger partial charge in [-0.25, -0.2) is 13.6 Å². The van der Waals surface area contributed by atoms with E-state index >= 15 is 0 Å². The second kappa shape index (κ2) is 7.81. The minimum absolute atomic E-state index is 0.0370. The third kappa shape index (κ3) is 5.88. The lowest BCUT2D eigenvalue weighted by atomic mass is 10.1. The monoisotopic (exact) mass is 291 g/mol. The minimum Gasteiger partial charge on any atom is -0.341 e. The Balaban J connectivity index is 2.15. The maximum atomic E-state index is 11.6. The summed E-state index contributed by atoms with van der Waals surface area (Å²) in [4.78, 5) is 13.2. The molecule has 0 bridgehead atoms. The third-order valence-electron chi connectivity index (χ3n) is 3.53. The van der Waals surface area contributed by atoms with Crippen molar-refractivity contribution in [1.82, 2.24) is 4.90 Å². The first kappa shape index (κ1) is 16.4. The van der Waals surface area contributed by atoms with Gasteiger partial charge in [-0.05, 0) is 19.4 Å². The summed E-state index contributed by atoms with van der Waals surface area (Å²) in [7, 11) is -3.59. The van der Waals surface area contributed by atoms with Crippen LogP contribution in [-0.4, -0.2) is 44.1 Å². The Labute approximate surface area is 115 Å². The average molecular weight is 291 g/mol. The first-order chi connectivity index (χ1) is 8.95. The lowest BCUT2D eigenvalue weighted by molar-refractivity contribution is -0.127. The Kier molecular flexibility index (Phi) is 6.74. The molecule has 0 saturated carbocycles. The van der Waals surface area contributed by atoms with E-state index in [0.29, 0.717) is 6.54 Å². The van der Waals surface area contributed by atoms with E-state index in [1.165, 1.54) is 6.42 Å². The summed E-state index contributed by atoms with van der Waals surface area (Å²) < 4.78 is 22.4. The maximum absolute atomic E-state index is 11.6. The zero-order valence-electron chi connectivity index (χ0n) is 11.4. The van der Waals surface area contributed by atoms with Crippen molar-refractivity contribution in [2.24, 2.45) is 10.9 Å². The second-order valence-electron chi connectivity index (χ2n) is 5.16. The van der Waals surface area contributed by atoms with E-state index in [-0.39, 0.29) is 18.9 Å². The predicted molar refractivity (Wildman–Crippen MR) is 74.8 cm³/mol. The van der Waals surface area contributed by atoms with Crippen molar-refractivity contribution >= 4 is 15.9 Å². The van der Waals surface area contributed by atoms with Gasteiger partial charge < -0.3 is 10.6 Å². The zero-order valence-corrected chi connectivity index (χ0v) is 12.2. The number of sulfonamides is 1. The van der Waals surface area contributed by atoms with Crippen molar-refractivity contribution in [1.29, 1.82) is 0 Å². The molecular weight excluding hydrogens is 266 g/mol. The molecule has 1 atom stereocenters. The number of amides is 1. The molecule has 1 aliphatic heterocycles. The number of primary sulfonamides is 1. The summed E-state index contributed by atoms with van der Waals surface area (Å²) in [6.07, 6.45) is 6.56. The fourth-order valence-electron chi connectivity index (χ4n) is 2.33. The molecule has 0 radical (unpaired) electrons. The van der Waals surface area contributed by atoms with E-state index in [0.717, 1.165) is 38.6 Å². The molecule has 0 aromatic carbocycles. The topological polar surface area (TPSA) is 106 Å². The van der Waals surface area contributed by atoms with Gasteiger partial charge in [0, 0.05) is 19.5 Å². The Morgan fingerprint density at radius 2 is 1.68 bits per heavy atom. The number of carbonyl (C=O) groups excluding carboxylic acids is 1. The van der Waals surface area contributed by atoms with Gasteiger partial charge in [-0.2, -0.15) is 0 Å². The van der Waals surface area contributed by atoms with Crippen LogP contribution in [0.15, 0.2) is 0 Å². The van der Waals surface area contributed by atoms with E-state index in [4.69, 9.17) is 10.9 Å². The van der Waals surface area contributed by atoms with Gasteiger partial charge in [-0.3, -0.25) is 4.79 Å². The highest BCUT2D eigenvalue weighted by atomic mass is 32.2. The van der Waals surface area contributed by atoms with Gasteiger partial charge in [-0.15, -0.1) is 0 Å². The van der Waals surface area contributed by atoms with Crippen LogP contribution in [-0.2, 0) is 14.8 Å². The molecule has 1 aliphatic rings. The van der Waals surface area contributed by atoms with Gasteiger partial charge in [0.1, 0.15) is 5.25 Å². The van der Waals surface area contributed by atoms with Crippen molar-refractivity contribution in [2.75, 3.05) is 19.6 Å². The van der Waals surface area contributed by atoms with E-state index in [1.54, 1.807) is 4.90 Å². The largest absolute Gasteiger partial charge is 0.341 e. The molecule has 1 rings (SSSR count). The van der Waals surface area contributed by atoms with Crippen molar-refractivity contribution in [3.63, 3.8) is 0 Å². The van der Waals surface area contributed by atoms with E-state index in [2.05, 4.69) is 0 Å². The van der Waals surface area contributed by atoms with Gasteiger partial charge in [-0.1, -0.05) is 25.7 Å². The first-order valence-electron chi connectivity index (χ1n) is 6.94. The molecule has 1 amide bonds. The molecule has 7 heteroatoms. The molecule has 0 aliphatic carbocycles. The van der Waals surface area contributed by atoms with Crippen LogP contribution in [0.4, 0.5) is 0 Å². The molecule has 6 nitrogen and oxygen atoms in total. The van der Waals surface area contributed by atoms with Crippen LogP contribution in [0.2, 0.25) is 0 Å². The molecule has 0 aromatic rings. The standard InChI is InChI=1S/C12H25N3O3S/c13-7-5-3-1-2-4-6-8-15-10-11(9-12(15)16)19(14,17)18/h11H,1-10,13H2,(H2,14,17,18). The van der Waals surface area contributed by atoms with Crippen LogP contribution in [0.3, 0.4) is 0 Å². The number of unbranched alkanes of at least 4 members (excludes halogenated alkanes) is 5. The van der Waals surface area contributed by atoms with Crippen LogP contribution in [0, 0.1) is 0 Å². The molecule has 1 fully saturated rings. The van der Waals surface area contributed by atoms with Gasteiger partial charge in [0.15, 0.2) is 0 Å². The maximum Gasteiger partial charge on any atom is 0.224 e. The summed E-state index contributed by atoms with van der Waals surface area (Å²) in [5, 5.41) is 4.35. The molecule has 112 valence electrons. The predicted octanol–water partition coefficient (Wildman–Crippen LogP) is 0.175.